The van der Waals surface area contributed by atoms with Crippen molar-refractivity contribution in [2.45, 2.75) is 6.54 Å². The number of rotatable bonds is 5. The van der Waals surface area contributed by atoms with Crippen molar-refractivity contribution in [1.82, 2.24) is 9.97 Å². The van der Waals surface area contributed by atoms with Gasteiger partial charge < -0.3 is 10.6 Å². The van der Waals surface area contributed by atoms with Gasteiger partial charge in [-0.3, -0.25) is 0 Å². The lowest BCUT2D eigenvalue weighted by atomic mass is 10.2. The first-order valence-electron chi connectivity index (χ1n) is 5.49. The molecular weight excluding hydrogens is 230 g/mol. The zero-order valence-electron chi connectivity index (χ0n) is 9.92. The summed E-state index contributed by atoms with van der Waals surface area (Å²) in [5, 5.41) is 8.82. The predicted octanol–water partition coefficient (Wildman–Crippen LogP) is 2.53. The monoisotopic (exact) mass is 243 g/mol. The lowest BCUT2D eigenvalue weighted by Crippen LogP contribution is -2.03. The third kappa shape index (κ3) is 2.60. The number of nitrogens with zero attached hydrogens (tertiary/aromatic N) is 3. The van der Waals surface area contributed by atoms with E-state index < -0.39 is 0 Å². The van der Waals surface area contributed by atoms with Crippen molar-refractivity contribution in [2.24, 2.45) is 5.18 Å². The lowest BCUT2D eigenvalue weighted by molar-refractivity contribution is 1.07. The number of nitroso groups, excluding NO2 is 1. The van der Waals surface area contributed by atoms with E-state index in [9.17, 15) is 4.91 Å². The van der Waals surface area contributed by atoms with Crippen LogP contribution in [0.2, 0.25) is 0 Å². The molecule has 0 unspecified atom stereocenters. The molecule has 0 fully saturated rings. The van der Waals surface area contributed by atoms with E-state index >= 15 is 0 Å². The first-order valence-corrected chi connectivity index (χ1v) is 5.49. The van der Waals surface area contributed by atoms with E-state index in [1.54, 1.807) is 7.05 Å². The van der Waals surface area contributed by atoms with E-state index in [-0.39, 0.29) is 5.69 Å². The SMILES string of the molecule is CNc1ncnc(NCc2ccccc2)c1N=O. The van der Waals surface area contributed by atoms with Crippen LogP contribution in [0.1, 0.15) is 5.56 Å². The molecule has 1 heterocycles. The summed E-state index contributed by atoms with van der Waals surface area (Å²) in [6.07, 6.45) is 1.38. The number of aromatic nitrogens is 2. The van der Waals surface area contributed by atoms with Gasteiger partial charge in [0.2, 0.25) is 0 Å². The Hall–Kier alpha value is -2.50. The van der Waals surface area contributed by atoms with Crippen molar-refractivity contribution in [3.05, 3.63) is 47.1 Å². The van der Waals surface area contributed by atoms with Crippen molar-refractivity contribution < 1.29 is 0 Å². The molecule has 0 saturated heterocycles. The Labute approximate surface area is 104 Å². The first-order chi connectivity index (χ1) is 8.85. The van der Waals surface area contributed by atoms with Crippen LogP contribution in [0.15, 0.2) is 41.8 Å². The molecule has 0 radical (unpaired) electrons. The van der Waals surface area contributed by atoms with Gasteiger partial charge in [0.25, 0.3) is 0 Å². The van der Waals surface area contributed by atoms with Gasteiger partial charge in [0.05, 0.1) is 0 Å². The summed E-state index contributed by atoms with van der Waals surface area (Å²) >= 11 is 0. The van der Waals surface area contributed by atoms with Crippen LogP contribution in [0.4, 0.5) is 17.3 Å². The highest BCUT2D eigenvalue weighted by atomic mass is 16.3. The van der Waals surface area contributed by atoms with Crippen LogP contribution in [0.25, 0.3) is 0 Å². The number of anilines is 2. The fourth-order valence-electron chi connectivity index (χ4n) is 1.56. The maximum absolute atomic E-state index is 10.8. The maximum atomic E-state index is 10.8. The average Bonchev–Trinajstić information content (AvgIpc) is 2.45. The molecule has 2 N–H and O–H groups in total. The Bertz CT molecular complexity index is 529. The summed E-state index contributed by atoms with van der Waals surface area (Å²) in [5.41, 5.74) is 1.29. The summed E-state index contributed by atoms with van der Waals surface area (Å²) < 4.78 is 0. The molecule has 0 amide bonds. The van der Waals surface area contributed by atoms with Crippen LogP contribution in [-0.2, 0) is 6.54 Å². The van der Waals surface area contributed by atoms with E-state index in [1.807, 2.05) is 30.3 Å². The number of hydrogen-bond donors (Lipinski definition) is 2. The van der Waals surface area contributed by atoms with E-state index in [4.69, 9.17) is 0 Å². The normalized spacial score (nSPS) is 9.83. The largest absolute Gasteiger partial charge is 0.371 e. The molecule has 0 saturated carbocycles. The summed E-state index contributed by atoms with van der Waals surface area (Å²) in [6, 6.07) is 9.83. The molecule has 0 aliphatic carbocycles. The van der Waals surface area contributed by atoms with Gasteiger partial charge in [-0.25, -0.2) is 9.97 Å². The number of nitrogens with one attached hydrogen (secondary N) is 2. The molecule has 2 aromatic rings. The van der Waals surface area contributed by atoms with Gasteiger partial charge in [0.1, 0.15) is 6.33 Å². The van der Waals surface area contributed by atoms with Crippen molar-refractivity contribution in [3.63, 3.8) is 0 Å². The molecular formula is C12H13N5O. The minimum absolute atomic E-state index is 0.191. The second-order valence-corrected chi connectivity index (χ2v) is 3.60. The van der Waals surface area contributed by atoms with Gasteiger partial charge in [-0.1, -0.05) is 30.3 Å². The van der Waals surface area contributed by atoms with Crippen LogP contribution in [0, 0.1) is 4.91 Å². The molecule has 1 aromatic carbocycles. The van der Waals surface area contributed by atoms with E-state index in [2.05, 4.69) is 25.8 Å². The summed E-state index contributed by atoms with van der Waals surface area (Å²) in [6.45, 7) is 0.573. The van der Waals surface area contributed by atoms with Crippen LogP contribution >= 0.6 is 0 Å². The van der Waals surface area contributed by atoms with Gasteiger partial charge in [0.15, 0.2) is 17.3 Å². The second kappa shape index (κ2) is 5.72. The Morgan fingerprint density at radius 2 is 1.89 bits per heavy atom. The molecule has 18 heavy (non-hydrogen) atoms. The van der Waals surface area contributed by atoms with Crippen molar-refractivity contribution >= 4 is 17.3 Å². The van der Waals surface area contributed by atoms with Crippen molar-refractivity contribution in [3.8, 4) is 0 Å². The molecule has 2 rings (SSSR count). The molecule has 0 bridgehead atoms. The predicted molar refractivity (Wildman–Crippen MR) is 70.8 cm³/mol. The van der Waals surface area contributed by atoms with Gasteiger partial charge >= 0.3 is 0 Å². The number of hydrogen-bond acceptors (Lipinski definition) is 6. The fourth-order valence-corrected chi connectivity index (χ4v) is 1.56. The Kier molecular flexibility index (Phi) is 3.80. The number of benzene rings is 1. The smallest absolute Gasteiger partial charge is 0.192 e. The fraction of sp³-hybridized carbons (Fsp3) is 0.167. The molecule has 1 aromatic heterocycles. The molecule has 0 atom stereocenters. The van der Waals surface area contributed by atoms with Crippen LogP contribution < -0.4 is 10.6 Å². The molecule has 92 valence electrons. The molecule has 0 aliphatic heterocycles. The highest BCUT2D eigenvalue weighted by Gasteiger charge is 2.10. The summed E-state index contributed by atoms with van der Waals surface area (Å²) in [4.78, 5) is 18.8. The zero-order valence-corrected chi connectivity index (χ0v) is 9.92. The Morgan fingerprint density at radius 3 is 2.56 bits per heavy atom. The van der Waals surface area contributed by atoms with Crippen LogP contribution in [-0.4, -0.2) is 17.0 Å². The Morgan fingerprint density at radius 1 is 1.17 bits per heavy atom. The topological polar surface area (TPSA) is 79.3 Å². The van der Waals surface area contributed by atoms with Crippen LogP contribution in [0.5, 0.6) is 0 Å². The molecule has 0 aliphatic rings. The van der Waals surface area contributed by atoms with Crippen molar-refractivity contribution in [2.75, 3.05) is 17.7 Å². The highest BCUT2D eigenvalue weighted by molar-refractivity contribution is 5.73. The lowest BCUT2D eigenvalue weighted by Gasteiger charge is -2.09. The average molecular weight is 243 g/mol. The maximum Gasteiger partial charge on any atom is 0.192 e. The molecule has 6 nitrogen and oxygen atoms in total. The van der Waals surface area contributed by atoms with Gasteiger partial charge in [0, 0.05) is 13.6 Å². The van der Waals surface area contributed by atoms with E-state index in [1.165, 1.54) is 6.33 Å². The van der Waals surface area contributed by atoms with E-state index in [0.29, 0.717) is 18.2 Å². The standard InChI is InChI=1S/C12H13N5O/c1-13-11-10(17-18)12(16-8-15-11)14-7-9-5-3-2-4-6-9/h2-6,8H,7H2,1H3,(H2,13,14,15,16). The molecule has 6 heteroatoms. The third-order valence-electron chi connectivity index (χ3n) is 2.45. The van der Waals surface area contributed by atoms with Crippen molar-refractivity contribution in [1.29, 1.82) is 0 Å². The Balaban J connectivity index is 2.17. The van der Waals surface area contributed by atoms with E-state index in [0.717, 1.165) is 5.56 Å². The summed E-state index contributed by atoms with van der Waals surface area (Å²) in [5.74, 6) is 0.837. The minimum atomic E-state index is 0.191. The molecule has 0 spiro atoms. The first kappa shape index (κ1) is 12.0. The van der Waals surface area contributed by atoms with Crippen LogP contribution in [0.3, 0.4) is 0 Å². The van der Waals surface area contributed by atoms with Gasteiger partial charge in [-0.05, 0) is 10.7 Å². The second-order valence-electron chi connectivity index (χ2n) is 3.60. The zero-order chi connectivity index (χ0) is 12.8. The quantitative estimate of drug-likeness (QED) is 0.789. The highest BCUT2D eigenvalue weighted by Crippen LogP contribution is 2.29. The van der Waals surface area contributed by atoms with Gasteiger partial charge in [-0.15, -0.1) is 4.91 Å². The third-order valence-corrected chi connectivity index (χ3v) is 2.45. The summed E-state index contributed by atoms with van der Waals surface area (Å²) in [7, 11) is 1.68. The van der Waals surface area contributed by atoms with Gasteiger partial charge in [-0.2, -0.15) is 0 Å². The minimum Gasteiger partial charge on any atom is -0.371 e.